The van der Waals surface area contributed by atoms with E-state index in [2.05, 4.69) is 42.1 Å². The molecule has 3 nitrogen and oxygen atoms in total. The van der Waals surface area contributed by atoms with Crippen LogP contribution in [0, 0.1) is 13.8 Å². The van der Waals surface area contributed by atoms with Crippen LogP contribution in [0.25, 0.3) is 0 Å². The lowest BCUT2D eigenvalue weighted by molar-refractivity contribution is 0.405. The highest BCUT2D eigenvalue weighted by atomic mass is 32.1. The minimum absolute atomic E-state index is 0.210. The molecule has 5 heteroatoms. The molecule has 0 bridgehead atoms. The van der Waals surface area contributed by atoms with Crippen molar-refractivity contribution in [1.82, 2.24) is 10.3 Å². The first-order chi connectivity index (χ1) is 11.7. The van der Waals surface area contributed by atoms with Crippen molar-refractivity contribution in [3.8, 4) is 5.75 Å². The van der Waals surface area contributed by atoms with Gasteiger partial charge in [0.25, 0.3) is 0 Å². The number of hydrogen-bond acceptors (Lipinski definition) is 5. The van der Waals surface area contributed by atoms with Crippen LogP contribution in [0.3, 0.4) is 0 Å². The zero-order valence-corrected chi connectivity index (χ0v) is 15.8. The van der Waals surface area contributed by atoms with E-state index < -0.39 is 0 Å². The number of ether oxygens (including phenoxy) is 1. The first-order valence-corrected chi connectivity index (χ1v) is 9.73. The zero-order valence-electron chi connectivity index (χ0n) is 14.2. The number of thiazole rings is 1. The number of hydrogen-bond donors (Lipinski definition) is 1. The molecular weight excluding hydrogens is 336 g/mol. The third kappa shape index (κ3) is 4.04. The smallest absolute Gasteiger partial charge is 0.123 e. The Kier molecular flexibility index (Phi) is 5.66. The monoisotopic (exact) mass is 358 g/mol. The fourth-order valence-electron chi connectivity index (χ4n) is 2.62. The molecule has 1 unspecified atom stereocenters. The number of nitrogens with zero attached hydrogens (tertiary/aromatic N) is 1. The Morgan fingerprint density at radius 1 is 1.21 bits per heavy atom. The number of para-hydroxylation sites is 1. The van der Waals surface area contributed by atoms with E-state index in [4.69, 9.17) is 9.72 Å². The SMILES string of the molecule is COc1ccccc1CNC(Cc1ccsc1)c1nc(C)c(C)s1. The molecule has 0 saturated carbocycles. The Balaban J connectivity index is 1.79. The highest BCUT2D eigenvalue weighted by Crippen LogP contribution is 2.27. The van der Waals surface area contributed by atoms with Gasteiger partial charge < -0.3 is 10.1 Å². The van der Waals surface area contributed by atoms with E-state index in [0.717, 1.165) is 29.4 Å². The predicted octanol–water partition coefficient (Wildman–Crippen LogP) is 4.90. The molecule has 1 N–H and O–H groups in total. The second-order valence-electron chi connectivity index (χ2n) is 5.77. The Labute approximate surface area is 151 Å². The summed E-state index contributed by atoms with van der Waals surface area (Å²) in [5.74, 6) is 0.922. The second kappa shape index (κ2) is 7.92. The fourth-order valence-corrected chi connectivity index (χ4v) is 4.30. The van der Waals surface area contributed by atoms with E-state index >= 15 is 0 Å². The summed E-state index contributed by atoms with van der Waals surface area (Å²) in [6, 6.07) is 10.6. The van der Waals surface area contributed by atoms with E-state index in [1.165, 1.54) is 16.0 Å². The van der Waals surface area contributed by atoms with Gasteiger partial charge in [0.05, 0.1) is 18.8 Å². The summed E-state index contributed by atoms with van der Waals surface area (Å²) >= 11 is 3.53. The maximum atomic E-state index is 5.46. The minimum Gasteiger partial charge on any atom is -0.496 e. The topological polar surface area (TPSA) is 34.1 Å². The van der Waals surface area contributed by atoms with Crippen LogP contribution >= 0.6 is 22.7 Å². The van der Waals surface area contributed by atoms with Crippen molar-refractivity contribution in [3.05, 3.63) is 67.8 Å². The number of aromatic nitrogens is 1. The molecule has 0 aliphatic heterocycles. The van der Waals surface area contributed by atoms with Gasteiger partial charge in [0, 0.05) is 17.0 Å². The van der Waals surface area contributed by atoms with Crippen LogP contribution in [0.15, 0.2) is 41.1 Å². The molecule has 0 fully saturated rings. The molecule has 0 aliphatic rings. The molecule has 0 amide bonds. The van der Waals surface area contributed by atoms with Crippen LogP contribution in [-0.4, -0.2) is 12.1 Å². The minimum atomic E-state index is 0.210. The zero-order chi connectivity index (χ0) is 16.9. The van der Waals surface area contributed by atoms with Crippen molar-refractivity contribution < 1.29 is 4.74 Å². The maximum absolute atomic E-state index is 5.46. The molecule has 0 spiro atoms. The molecule has 24 heavy (non-hydrogen) atoms. The fraction of sp³-hybridized carbons (Fsp3) is 0.316. The van der Waals surface area contributed by atoms with Crippen LogP contribution in [0.2, 0.25) is 0 Å². The molecule has 0 saturated heterocycles. The molecule has 1 atom stereocenters. The number of thiophene rings is 1. The summed E-state index contributed by atoms with van der Waals surface area (Å²) in [6.07, 6.45) is 0.949. The van der Waals surface area contributed by atoms with Gasteiger partial charge in [0.2, 0.25) is 0 Å². The summed E-state index contributed by atoms with van der Waals surface area (Å²) in [5.41, 5.74) is 3.65. The maximum Gasteiger partial charge on any atom is 0.123 e. The van der Waals surface area contributed by atoms with Crippen molar-refractivity contribution in [2.45, 2.75) is 32.9 Å². The van der Waals surface area contributed by atoms with E-state index in [-0.39, 0.29) is 6.04 Å². The van der Waals surface area contributed by atoms with Gasteiger partial charge in [-0.1, -0.05) is 18.2 Å². The molecule has 3 rings (SSSR count). The van der Waals surface area contributed by atoms with E-state index in [1.54, 1.807) is 29.8 Å². The average Bonchev–Trinajstić information content (AvgIpc) is 3.22. The summed E-state index contributed by atoms with van der Waals surface area (Å²) < 4.78 is 5.46. The van der Waals surface area contributed by atoms with Gasteiger partial charge in [0.1, 0.15) is 10.8 Å². The van der Waals surface area contributed by atoms with Crippen molar-refractivity contribution in [2.75, 3.05) is 7.11 Å². The highest BCUT2D eigenvalue weighted by molar-refractivity contribution is 7.11. The van der Waals surface area contributed by atoms with Crippen molar-refractivity contribution in [1.29, 1.82) is 0 Å². The van der Waals surface area contributed by atoms with Gasteiger partial charge in [-0.3, -0.25) is 0 Å². The van der Waals surface area contributed by atoms with Crippen LogP contribution in [0.4, 0.5) is 0 Å². The van der Waals surface area contributed by atoms with Crippen molar-refractivity contribution >= 4 is 22.7 Å². The van der Waals surface area contributed by atoms with Crippen molar-refractivity contribution in [2.24, 2.45) is 0 Å². The Morgan fingerprint density at radius 3 is 2.71 bits per heavy atom. The lowest BCUT2D eigenvalue weighted by Gasteiger charge is -2.17. The number of benzene rings is 1. The Bertz CT molecular complexity index is 761. The summed E-state index contributed by atoms with van der Waals surface area (Å²) in [4.78, 5) is 6.07. The first-order valence-electron chi connectivity index (χ1n) is 7.97. The molecule has 2 aromatic heterocycles. The molecule has 0 radical (unpaired) electrons. The lowest BCUT2D eigenvalue weighted by atomic mass is 10.1. The third-order valence-corrected chi connectivity index (χ3v) is 6.01. The Morgan fingerprint density at radius 2 is 2.04 bits per heavy atom. The van der Waals surface area contributed by atoms with Crippen LogP contribution in [-0.2, 0) is 13.0 Å². The largest absolute Gasteiger partial charge is 0.496 e. The van der Waals surface area contributed by atoms with Gasteiger partial charge in [-0.05, 0) is 48.7 Å². The normalized spacial score (nSPS) is 12.3. The standard InChI is InChI=1S/C19H22N2OS2/c1-13-14(2)24-19(21-13)17(10-15-8-9-23-12-15)20-11-16-6-4-5-7-18(16)22-3/h4-9,12,17,20H,10-11H2,1-3H3. The van der Waals surface area contributed by atoms with Gasteiger partial charge in [-0.15, -0.1) is 11.3 Å². The third-order valence-electron chi connectivity index (χ3n) is 4.09. The molecule has 1 aromatic carbocycles. The number of methoxy groups -OCH3 is 1. The quantitative estimate of drug-likeness (QED) is 0.652. The predicted molar refractivity (Wildman–Crippen MR) is 102 cm³/mol. The number of rotatable bonds is 7. The van der Waals surface area contributed by atoms with Gasteiger partial charge >= 0.3 is 0 Å². The van der Waals surface area contributed by atoms with Crippen LogP contribution < -0.4 is 10.1 Å². The molecular formula is C19H22N2OS2. The summed E-state index contributed by atoms with van der Waals surface area (Å²) in [5, 5.41) is 9.18. The van der Waals surface area contributed by atoms with E-state index in [1.807, 2.05) is 18.2 Å². The van der Waals surface area contributed by atoms with Crippen molar-refractivity contribution in [3.63, 3.8) is 0 Å². The van der Waals surface area contributed by atoms with Crippen LogP contribution in [0.5, 0.6) is 5.75 Å². The van der Waals surface area contributed by atoms with Gasteiger partial charge in [0.15, 0.2) is 0 Å². The van der Waals surface area contributed by atoms with E-state index in [9.17, 15) is 0 Å². The molecule has 126 valence electrons. The van der Waals surface area contributed by atoms with E-state index in [0.29, 0.717) is 0 Å². The highest BCUT2D eigenvalue weighted by Gasteiger charge is 2.18. The van der Waals surface area contributed by atoms with Gasteiger partial charge in [-0.2, -0.15) is 11.3 Å². The number of nitrogens with one attached hydrogen (secondary N) is 1. The van der Waals surface area contributed by atoms with Gasteiger partial charge in [-0.25, -0.2) is 4.98 Å². The average molecular weight is 359 g/mol. The molecule has 3 aromatic rings. The second-order valence-corrected chi connectivity index (χ2v) is 7.79. The first kappa shape index (κ1) is 17.1. The molecule has 0 aliphatic carbocycles. The van der Waals surface area contributed by atoms with Crippen LogP contribution in [0.1, 0.15) is 32.7 Å². The summed E-state index contributed by atoms with van der Waals surface area (Å²) in [6.45, 7) is 4.98. The summed E-state index contributed by atoms with van der Waals surface area (Å²) in [7, 11) is 1.72. The Hall–Kier alpha value is -1.69. The lowest BCUT2D eigenvalue weighted by Crippen LogP contribution is -2.23. The number of aryl methyl sites for hydroxylation is 2. The molecule has 2 heterocycles.